The van der Waals surface area contributed by atoms with Crippen molar-refractivity contribution in [1.82, 2.24) is 10.2 Å². The lowest BCUT2D eigenvalue weighted by molar-refractivity contribution is -0.140. The molecular weight excluding hydrogens is 262 g/mol. The van der Waals surface area contributed by atoms with Gasteiger partial charge in [0.25, 0.3) is 0 Å². The molecule has 7 nitrogen and oxygen atoms in total. The van der Waals surface area contributed by atoms with E-state index in [2.05, 4.69) is 5.32 Å². The molecule has 0 aromatic rings. The first-order valence-corrected chi connectivity index (χ1v) is 6.98. The van der Waals surface area contributed by atoms with Crippen LogP contribution in [0.15, 0.2) is 0 Å². The zero-order valence-electron chi connectivity index (χ0n) is 11.5. The number of carbonyl (C=O) groups excluding carboxylic acids is 2. The summed E-state index contributed by atoms with van der Waals surface area (Å²) in [7, 11) is 0. The molecule has 0 aromatic carbocycles. The highest BCUT2D eigenvalue weighted by molar-refractivity contribution is 5.87. The van der Waals surface area contributed by atoms with Crippen molar-refractivity contribution in [1.29, 1.82) is 0 Å². The van der Waals surface area contributed by atoms with Crippen molar-refractivity contribution in [3.05, 3.63) is 0 Å². The minimum absolute atomic E-state index is 0.0997. The quantitative estimate of drug-likeness (QED) is 0.688. The molecular formula is C13H21N3O4. The molecule has 20 heavy (non-hydrogen) atoms. The van der Waals surface area contributed by atoms with Crippen molar-refractivity contribution in [2.24, 2.45) is 11.7 Å². The number of aliphatic carboxylic acids is 1. The van der Waals surface area contributed by atoms with Gasteiger partial charge in [0.05, 0.1) is 0 Å². The molecule has 3 amide bonds. The molecule has 2 saturated heterocycles. The van der Waals surface area contributed by atoms with Gasteiger partial charge in [-0.15, -0.1) is 0 Å². The number of nitrogens with one attached hydrogen (secondary N) is 1. The molecule has 2 aliphatic heterocycles. The molecule has 0 spiro atoms. The first-order valence-electron chi connectivity index (χ1n) is 6.98. The van der Waals surface area contributed by atoms with Gasteiger partial charge in [-0.3, -0.25) is 9.59 Å². The largest absolute Gasteiger partial charge is 0.481 e. The Kier molecular flexibility index (Phi) is 4.15. The van der Waals surface area contributed by atoms with Crippen molar-refractivity contribution < 1.29 is 19.5 Å². The Morgan fingerprint density at radius 3 is 2.30 bits per heavy atom. The van der Waals surface area contributed by atoms with E-state index < -0.39 is 18.0 Å². The highest BCUT2D eigenvalue weighted by Crippen LogP contribution is 2.40. The molecule has 7 heteroatoms. The van der Waals surface area contributed by atoms with Gasteiger partial charge in [0, 0.05) is 18.5 Å². The molecule has 0 aromatic heterocycles. The number of primary amides is 1. The first-order chi connectivity index (χ1) is 9.38. The van der Waals surface area contributed by atoms with Crippen LogP contribution < -0.4 is 11.1 Å². The van der Waals surface area contributed by atoms with Crippen LogP contribution in [0.5, 0.6) is 0 Å². The molecule has 0 aliphatic carbocycles. The molecule has 0 saturated carbocycles. The van der Waals surface area contributed by atoms with Crippen LogP contribution in [0, 0.1) is 5.92 Å². The van der Waals surface area contributed by atoms with Gasteiger partial charge in [0.2, 0.25) is 5.91 Å². The van der Waals surface area contributed by atoms with E-state index in [0.29, 0.717) is 0 Å². The Morgan fingerprint density at radius 1 is 1.30 bits per heavy atom. The van der Waals surface area contributed by atoms with Gasteiger partial charge in [-0.2, -0.15) is 0 Å². The van der Waals surface area contributed by atoms with Gasteiger partial charge >= 0.3 is 12.0 Å². The number of nitrogens with zero attached hydrogens (tertiary/aromatic N) is 1. The van der Waals surface area contributed by atoms with Gasteiger partial charge in [-0.25, -0.2) is 4.79 Å². The van der Waals surface area contributed by atoms with Gasteiger partial charge < -0.3 is 21.1 Å². The number of hydrogen-bond donors (Lipinski definition) is 3. The number of hydrogen-bond acceptors (Lipinski definition) is 3. The summed E-state index contributed by atoms with van der Waals surface area (Å²) < 4.78 is 0. The Hall–Kier alpha value is -1.79. The number of nitrogens with two attached hydrogens (primary N) is 1. The fourth-order valence-corrected chi connectivity index (χ4v) is 3.56. The lowest BCUT2D eigenvalue weighted by Gasteiger charge is -2.39. The van der Waals surface area contributed by atoms with E-state index in [-0.39, 0.29) is 30.3 Å². The summed E-state index contributed by atoms with van der Waals surface area (Å²) >= 11 is 0. The standard InChI is InChI=1S/C13H21N3O4/c1-7(15-13(14)20)12(19)16-9-2-3-10(16)5-8(4-9)6-11(17)18/h7-10H,2-6H2,1H3,(H,17,18)(H3,14,15,20). The van der Waals surface area contributed by atoms with Crippen molar-refractivity contribution >= 4 is 17.9 Å². The molecule has 2 aliphatic rings. The average Bonchev–Trinajstić information content (AvgIpc) is 2.58. The van der Waals surface area contributed by atoms with Crippen LogP contribution in [0.4, 0.5) is 4.79 Å². The van der Waals surface area contributed by atoms with Crippen LogP contribution in [0.2, 0.25) is 0 Å². The molecule has 4 N–H and O–H groups in total. The van der Waals surface area contributed by atoms with E-state index in [9.17, 15) is 14.4 Å². The third-order valence-electron chi connectivity index (χ3n) is 4.28. The van der Waals surface area contributed by atoms with E-state index in [4.69, 9.17) is 10.8 Å². The van der Waals surface area contributed by atoms with E-state index in [1.165, 1.54) is 0 Å². The smallest absolute Gasteiger partial charge is 0.312 e. The first kappa shape index (κ1) is 14.6. The second kappa shape index (κ2) is 5.68. The van der Waals surface area contributed by atoms with Crippen molar-refractivity contribution in [2.75, 3.05) is 0 Å². The van der Waals surface area contributed by atoms with E-state index in [1.807, 2.05) is 4.90 Å². The Bertz CT molecular complexity index is 412. The van der Waals surface area contributed by atoms with Crippen LogP contribution in [0.25, 0.3) is 0 Å². The number of carbonyl (C=O) groups is 3. The lowest BCUT2D eigenvalue weighted by Crippen LogP contribution is -2.54. The molecule has 112 valence electrons. The summed E-state index contributed by atoms with van der Waals surface area (Å²) in [5.74, 6) is -0.753. The summed E-state index contributed by atoms with van der Waals surface area (Å²) in [6.45, 7) is 1.62. The summed E-state index contributed by atoms with van der Waals surface area (Å²) in [6, 6.07) is -1.14. The third kappa shape index (κ3) is 3.02. The topological polar surface area (TPSA) is 113 Å². The summed E-state index contributed by atoms with van der Waals surface area (Å²) in [5.41, 5.74) is 5.04. The second-order valence-electron chi connectivity index (χ2n) is 5.80. The van der Waals surface area contributed by atoms with Crippen molar-refractivity contribution in [3.8, 4) is 0 Å². The highest BCUT2D eigenvalue weighted by Gasteiger charge is 2.44. The fourth-order valence-electron chi connectivity index (χ4n) is 3.56. The number of piperidine rings is 1. The highest BCUT2D eigenvalue weighted by atomic mass is 16.4. The Labute approximate surface area is 117 Å². The molecule has 2 bridgehead atoms. The van der Waals surface area contributed by atoms with Gasteiger partial charge in [0.15, 0.2) is 0 Å². The minimum Gasteiger partial charge on any atom is -0.481 e. The summed E-state index contributed by atoms with van der Waals surface area (Å²) in [4.78, 5) is 35.8. The second-order valence-corrected chi connectivity index (χ2v) is 5.80. The maximum atomic E-state index is 12.4. The van der Waals surface area contributed by atoms with E-state index in [0.717, 1.165) is 25.7 Å². The maximum Gasteiger partial charge on any atom is 0.312 e. The van der Waals surface area contributed by atoms with Crippen LogP contribution in [0.1, 0.15) is 39.0 Å². The summed E-state index contributed by atoms with van der Waals surface area (Å²) in [6.07, 6.45) is 3.46. The van der Waals surface area contributed by atoms with Crippen LogP contribution in [-0.4, -0.2) is 46.0 Å². The predicted octanol–water partition coefficient (Wildman–Crippen LogP) is 0.288. The third-order valence-corrected chi connectivity index (χ3v) is 4.28. The van der Waals surface area contributed by atoms with Gasteiger partial charge in [0.1, 0.15) is 6.04 Å². The zero-order valence-corrected chi connectivity index (χ0v) is 11.5. The van der Waals surface area contributed by atoms with Crippen LogP contribution in [0.3, 0.4) is 0 Å². The molecule has 0 radical (unpaired) electrons. The number of urea groups is 1. The number of amides is 3. The molecule has 2 fully saturated rings. The molecule has 2 rings (SSSR count). The van der Waals surface area contributed by atoms with E-state index in [1.54, 1.807) is 6.92 Å². The number of carboxylic acids is 1. The monoisotopic (exact) mass is 283 g/mol. The molecule has 2 heterocycles. The van der Waals surface area contributed by atoms with Gasteiger partial charge in [-0.05, 0) is 38.5 Å². The normalized spacial score (nSPS) is 29.9. The van der Waals surface area contributed by atoms with Crippen LogP contribution in [-0.2, 0) is 9.59 Å². The molecule has 3 atom stereocenters. The SMILES string of the molecule is CC(NC(N)=O)C(=O)N1C2CCC1CC(CC(=O)O)C2. The Balaban J connectivity index is 2.00. The van der Waals surface area contributed by atoms with Crippen molar-refractivity contribution in [2.45, 2.75) is 57.2 Å². The molecule has 3 unspecified atom stereocenters. The lowest BCUT2D eigenvalue weighted by atomic mass is 9.88. The van der Waals surface area contributed by atoms with Gasteiger partial charge in [-0.1, -0.05) is 0 Å². The maximum absolute atomic E-state index is 12.4. The number of carboxylic acid groups (broad SMARTS) is 1. The van der Waals surface area contributed by atoms with Crippen LogP contribution >= 0.6 is 0 Å². The average molecular weight is 283 g/mol. The zero-order chi connectivity index (χ0) is 14.9. The number of fused-ring (bicyclic) bond motifs is 2. The summed E-state index contributed by atoms with van der Waals surface area (Å²) in [5, 5.41) is 11.3. The van der Waals surface area contributed by atoms with E-state index >= 15 is 0 Å². The Morgan fingerprint density at radius 2 is 1.85 bits per heavy atom. The predicted molar refractivity (Wildman–Crippen MR) is 70.8 cm³/mol. The number of rotatable bonds is 4. The minimum atomic E-state index is -0.780. The fraction of sp³-hybridized carbons (Fsp3) is 0.769. The van der Waals surface area contributed by atoms with Crippen molar-refractivity contribution in [3.63, 3.8) is 0 Å².